The van der Waals surface area contributed by atoms with E-state index in [0.717, 1.165) is 16.6 Å². The highest BCUT2D eigenvalue weighted by Gasteiger charge is 2.03. The number of nitrogens with zero attached hydrogens (tertiary/aromatic N) is 3. The smallest absolute Gasteiger partial charge is 0.178 e. The third-order valence-corrected chi connectivity index (χ3v) is 2.63. The summed E-state index contributed by atoms with van der Waals surface area (Å²) in [5.41, 5.74) is 2.96. The summed E-state index contributed by atoms with van der Waals surface area (Å²) >= 11 is 0. The number of benzene rings is 1. The Hall–Kier alpha value is -2.29. The average Bonchev–Trinajstić information content (AvgIpc) is 2.39. The van der Waals surface area contributed by atoms with E-state index in [-0.39, 0.29) is 0 Å². The molecule has 0 radical (unpaired) electrons. The lowest BCUT2D eigenvalue weighted by atomic mass is 10.2. The van der Waals surface area contributed by atoms with Crippen molar-refractivity contribution in [3.8, 4) is 11.5 Å². The Kier molecular flexibility index (Phi) is 2.29. The van der Waals surface area contributed by atoms with Crippen LogP contribution in [-0.4, -0.2) is 15.0 Å². The van der Waals surface area contributed by atoms with Gasteiger partial charge in [0, 0.05) is 17.8 Å². The Morgan fingerprint density at radius 3 is 2.76 bits per heavy atom. The maximum Gasteiger partial charge on any atom is 0.178 e. The zero-order chi connectivity index (χ0) is 11.7. The lowest BCUT2D eigenvalue weighted by molar-refractivity contribution is 1.17. The number of aromatic nitrogens is 3. The predicted octanol–water partition coefficient (Wildman–Crippen LogP) is 3.00. The highest BCUT2D eigenvalue weighted by Crippen LogP contribution is 2.17. The molecule has 0 N–H and O–H groups in total. The largest absolute Gasteiger partial charge is 0.253 e. The molecule has 3 aromatic rings. The maximum absolute atomic E-state index is 4.53. The minimum atomic E-state index is 0.670. The van der Waals surface area contributed by atoms with Crippen LogP contribution >= 0.6 is 0 Å². The molecule has 0 spiro atoms. The molecular weight excluding hydrogens is 210 g/mol. The predicted molar refractivity (Wildman–Crippen MR) is 67.5 cm³/mol. The number of hydrogen-bond donors (Lipinski definition) is 0. The van der Waals surface area contributed by atoms with Gasteiger partial charge in [-0.05, 0) is 30.7 Å². The quantitative estimate of drug-likeness (QED) is 0.634. The SMILES string of the molecule is Cc1ccc2cnc(-c3ccccn3)nc2c1. The van der Waals surface area contributed by atoms with Crippen molar-refractivity contribution in [1.82, 2.24) is 15.0 Å². The first kappa shape index (κ1) is 9.90. The van der Waals surface area contributed by atoms with Gasteiger partial charge in [-0.2, -0.15) is 0 Å². The molecule has 3 heteroatoms. The summed E-state index contributed by atoms with van der Waals surface area (Å²) in [6.45, 7) is 2.06. The van der Waals surface area contributed by atoms with Gasteiger partial charge in [0.15, 0.2) is 5.82 Å². The number of rotatable bonds is 1. The van der Waals surface area contributed by atoms with Crippen molar-refractivity contribution >= 4 is 10.9 Å². The zero-order valence-electron chi connectivity index (χ0n) is 9.46. The molecule has 0 atom stereocenters. The molecule has 0 saturated carbocycles. The number of pyridine rings is 1. The van der Waals surface area contributed by atoms with Gasteiger partial charge in [-0.1, -0.05) is 18.2 Å². The molecule has 2 aromatic heterocycles. The van der Waals surface area contributed by atoms with Crippen LogP contribution in [0, 0.1) is 6.92 Å². The minimum Gasteiger partial charge on any atom is -0.253 e. The van der Waals surface area contributed by atoms with Crippen LogP contribution in [0.2, 0.25) is 0 Å². The van der Waals surface area contributed by atoms with Gasteiger partial charge in [-0.15, -0.1) is 0 Å². The monoisotopic (exact) mass is 221 g/mol. The summed E-state index contributed by atoms with van der Waals surface area (Å²) in [4.78, 5) is 13.1. The first-order valence-electron chi connectivity index (χ1n) is 5.48. The zero-order valence-corrected chi connectivity index (χ0v) is 9.46. The summed E-state index contributed by atoms with van der Waals surface area (Å²) in [7, 11) is 0. The number of aryl methyl sites for hydroxylation is 1. The summed E-state index contributed by atoms with van der Waals surface area (Å²) in [6.07, 6.45) is 3.59. The third-order valence-electron chi connectivity index (χ3n) is 2.63. The molecule has 0 aliphatic heterocycles. The fourth-order valence-corrected chi connectivity index (χ4v) is 1.75. The van der Waals surface area contributed by atoms with Gasteiger partial charge in [-0.3, -0.25) is 4.98 Å². The fraction of sp³-hybridized carbons (Fsp3) is 0.0714. The molecule has 82 valence electrons. The molecule has 0 aliphatic rings. The third kappa shape index (κ3) is 1.87. The molecule has 3 nitrogen and oxygen atoms in total. The van der Waals surface area contributed by atoms with E-state index in [1.807, 2.05) is 30.5 Å². The highest BCUT2D eigenvalue weighted by atomic mass is 14.9. The van der Waals surface area contributed by atoms with E-state index in [4.69, 9.17) is 0 Å². The van der Waals surface area contributed by atoms with Crippen LogP contribution in [0.25, 0.3) is 22.4 Å². The Bertz CT molecular complexity index is 663. The Morgan fingerprint density at radius 2 is 1.94 bits per heavy atom. The van der Waals surface area contributed by atoms with Crippen molar-refractivity contribution in [2.24, 2.45) is 0 Å². The van der Waals surface area contributed by atoms with Gasteiger partial charge >= 0.3 is 0 Å². The van der Waals surface area contributed by atoms with Crippen LogP contribution in [0.15, 0.2) is 48.8 Å². The molecular formula is C14H11N3. The Morgan fingerprint density at radius 1 is 1.00 bits per heavy atom. The second-order valence-electron chi connectivity index (χ2n) is 3.97. The number of hydrogen-bond acceptors (Lipinski definition) is 3. The van der Waals surface area contributed by atoms with Gasteiger partial charge in [0.2, 0.25) is 0 Å². The van der Waals surface area contributed by atoms with Crippen molar-refractivity contribution in [2.45, 2.75) is 6.92 Å². The first-order valence-corrected chi connectivity index (χ1v) is 5.48. The normalized spacial score (nSPS) is 10.6. The lowest BCUT2D eigenvalue weighted by Crippen LogP contribution is -1.92. The molecule has 0 amide bonds. The minimum absolute atomic E-state index is 0.670. The van der Waals surface area contributed by atoms with Gasteiger partial charge < -0.3 is 0 Å². The molecule has 3 rings (SSSR count). The van der Waals surface area contributed by atoms with E-state index in [1.54, 1.807) is 6.20 Å². The van der Waals surface area contributed by atoms with Crippen LogP contribution in [0.1, 0.15) is 5.56 Å². The molecule has 0 bridgehead atoms. The highest BCUT2D eigenvalue weighted by molar-refractivity contribution is 5.79. The van der Waals surface area contributed by atoms with Crippen molar-refractivity contribution in [3.05, 3.63) is 54.4 Å². The van der Waals surface area contributed by atoms with Crippen molar-refractivity contribution in [2.75, 3.05) is 0 Å². The molecule has 0 unspecified atom stereocenters. The summed E-state index contributed by atoms with van der Waals surface area (Å²) in [5.74, 6) is 0.670. The van der Waals surface area contributed by atoms with Gasteiger partial charge in [0.1, 0.15) is 5.69 Å². The van der Waals surface area contributed by atoms with E-state index in [9.17, 15) is 0 Å². The second kappa shape index (κ2) is 3.94. The first-order chi connectivity index (χ1) is 8.33. The molecule has 0 saturated heterocycles. The van der Waals surface area contributed by atoms with Gasteiger partial charge in [0.25, 0.3) is 0 Å². The van der Waals surface area contributed by atoms with E-state index >= 15 is 0 Å². The molecule has 0 fully saturated rings. The maximum atomic E-state index is 4.53. The fourth-order valence-electron chi connectivity index (χ4n) is 1.75. The van der Waals surface area contributed by atoms with Gasteiger partial charge in [0.05, 0.1) is 5.52 Å². The van der Waals surface area contributed by atoms with Crippen molar-refractivity contribution < 1.29 is 0 Å². The average molecular weight is 221 g/mol. The van der Waals surface area contributed by atoms with Crippen LogP contribution in [0.5, 0.6) is 0 Å². The van der Waals surface area contributed by atoms with Gasteiger partial charge in [-0.25, -0.2) is 9.97 Å². The van der Waals surface area contributed by atoms with Crippen LogP contribution in [0.4, 0.5) is 0 Å². The van der Waals surface area contributed by atoms with E-state index < -0.39 is 0 Å². The second-order valence-corrected chi connectivity index (χ2v) is 3.97. The molecule has 2 heterocycles. The lowest BCUT2D eigenvalue weighted by Gasteiger charge is -2.02. The van der Waals surface area contributed by atoms with E-state index in [2.05, 4.69) is 34.0 Å². The topological polar surface area (TPSA) is 38.7 Å². The van der Waals surface area contributed by atoms with Crippen LogP contribution < -0.4 is 0 Å². The number of fused-ring (bicyclic) bond motifs is 1. The Balaban J connectivity index is 2.19. The summed E-state index contributed by atoms with van der Waals surface area (Å²) in [6, 6.07) is 11.9. The van der Waals surface area contributed by atoms with Crippen molar-refractivity contribution in [1.29, 1.82) is 0 Å². The molecule has 0 aliphatic carbocycles. The van der Waals surface area contributed by atoms with E-state index in [0.29, 0.717) is 5.82 Å². The van der Waals surface area contributed by atoms with Crippen LogP contribution in [0.3, 0.4) is 0 Å². The van der Waals surface area contributed by atoms with Crippen molar-refractivity contribution in [3.63, 3.8) is 0 Å². The summed E-state index contributed by atoms with van der Waals surface area (Å²) in [5, 5.41) is 1.05. The molecule has 1 aromatic carbocycles. The molecule has 17 heavy (non-hydrogen) atoms. The summed E-state index contributed by atoms with van der Waals surface area (Å²) < 4.78 is 0. The standard InChI is InChI=1S/C14H11N3/c1-10-5-6-11-9-16-14(17-13(11)8-10)12-4-2-3-7-15-12/h2-9H,1H3. The van der Waals surface area contributed by atoms with Crippen LogP contribution in [-0.2, 0) is 0 Å². The Labute approximate surface area is 99.2 Å². The van der Waals surface area contributed by atoms with E-state index in [1.165, 1.54) is 5.56 Å².